The van der Waals surface area contributed by atoms with Crippen molar-refractivity contribution in [2.24, 2.45) is 10.9 Å². The summed E-state index contributed by atoms with van der Waals surface area (Å²) in [6, 6.07) is 0.400. The molecule has 0 spiro atoms. The lowest BCUT2D eigenvalue weighted by molar-refractivity contribution is 0.00752. The summed E-state index contributed by atoms with van der Waals surface area (Å²) in [6.45, 7) is 9.02. The van der Waals surface area contributed by atoms with Crippen molar-refractivity contribution in [3.8, 4) is 0 Å². The molecule has 2 N–H and O–H groups in total. The van der Waals surface area contributed by atoms with Crippen LogP contribution in [0.2, 0.25) is 0 Å². The number of morpholine rings is 1. The van der Waals surface area contributed by atoms with Crippen LogP contribution in [0.15, 0.2) is 4.99 Å². The molecule has 1 unspecified atom stereocenters. The zero-order valence-corrected chi connectivity index (χ0v) is 14.9. The molecule has 0 aromatic heterocycles. The van der Waals surface area contributed by atoms with E-state index in [2.05, 4.69) is 34.4 Å². The molecule has 1 rings (SSSR count). The number of hydrogen-bond acceptors (Lipinski definition) is 5. The van der Waals surface area contributed by atoms with Gasteiger partial charge < -0.3 is 15.4 Å². The summed E-state index contributed by atoms with van der Waals surface area (Å²) < 4.78 is 27.7. The predicted octanol–water partition coefficient (Wildman–Crippen LogP) is -0.447. The van der Waals surface area contributed by atoms with Gasteiger partial charge in [-0.05, 0) is 5.92 Å². The summed E-state index contributed by atoms with van der Waals surface area (Å²) in [6.07, 6.45) is 1.23. The molecule has 1 fully saturated rings. The SMILES string of the molecule is CN=C(NCCS(C)(=O)=O)NCC(C(C)C)N1CCOCC1. The van der Waals surface area contributed by atoms with E-state index in [0.717, 1.165) is 32.8 Å². The third-order valence-electron chi connectivity index (χ3n) is 3.75. The maximum atomic E-state index is 11.1. The van der Waals surface area contributed by atoms with Crippen LogP contribution >= 0.6 is 0 Å². The largest absolute Gasteiger partial charge is 0.379 e. The van der Waals surface area contributed by atoms with Crippen LogP contribution in [0.3, 0.4) is 0 Å². The minimum Gasteiger partial charge on any atom is -0.379 e. The fourth-order valence-electron chi connectivity index (χ4n) is 2.47. The van der Waals surface area contributed by atoms with Gasteiger partial charge in [-0.2, -0.15) is 0 Å². The Kier molecular flexibility index (Phi) is 8.13. The first kappa shape index (κ1) is 19.2. The second kappa shape index (κ2) is 9.32. The van der Waals surface area contributed by atoms with E-state index in [9.17, 15) is 8.42 Å². The Balaban J connectivity index is 2.44. The maximum absolute atomic E-state index is 11.1. The molecular weight excluding hydrogens is 304 g/mol. The van der Waals surface area contributed by atoms with Gasteiger partial charge >= 0.3 is 0 Å². The average Bonchev–Trinajstić information content (AvgIpc) is 2.45. The third-order valence-corrected chi connectivity index (χ3v) is 4.70. The number of aliphatic imine (C=N–C) groups is 1. The molecule has 0 saturated carbocycles. The highest BCUT2D eigenvalue weighted by molar-refractivity contribution is 7.90. The molecule has 22 heavy (non-hydrogen) atoms. The Morgan fingerprint density at radius 1 is 1.27 bits per heavy atom. The molecule has 1 aliphatic heterocycles. The van der Waals surface area contributed by atoms with E-state index in [0.29, 0.717) is 24.5 Å². The van der Waals surface area contributed by atoms with Gasteiger partial charge in [0.1, 0.15) is 9.84 Å². The zero-order valence-electron chi connectivity index (χ0n) is 14.1. The van der Waals surface area contributed by atoms with Crippen LogP contribution in [-0.4, -0.2) is 83.8 Å². The lowest BCUT2D eigenvalue weighted by Gasteiger charge is -2.37. The first-order chi connectivity index (χ1) is 10.3. The fraction of sp³-hybridized carbons (Fsp3) is 0.929. The van der Waals surface area contributed by atoms with Crippen molar-refractivity contribution in [1.29, 1.82) is 0 Å². The molecule has 7 nitrogen and oxygen atoms in total. The van der Waals surface area contributed by atoms with Crippen molar-refractivity contribution in [2.75, 3.05) is 58.4 Å². The predicted molar refractivity (Wildman–Crippen MR) is 90.1 cm³/mol. The minimum absolute atomic E-state index is 0.102. The van der Waals surface area contributed by atoms with Crippen LogP contribution in [0.5, 0.6) is 0 Å². The lowest BCUT2D eigenvalue weighted by Crippen LogP contribution is -2.52. The molecule has 0 aromatic carbocycles. The highest BCUT2D eigenvalue weighted by Gasteiger charge is 2.23. The highest BCUT2D eigenvalue weighted by Crippen LogP contribution is 2.12. The number of nitrogens with zero attached hydrogens (tertiary/aromatic N) is 2. The van der Waals surface area contributed by atoms with Crippen molar-refractivity contribution in [3.05, 3.63) is 0 Å². The first-order valence-electron chi connectivity index (χ1n) is 7.77. The molecule has 1 aliphatic rings. The van der Waals surface area contributed by atoms with Gasteiger partial charge in [0.15, 0.2) is 5.96 Å². The highest BCUT2D eigenvalue weighted by atomic mass is 32.2. The fourth-order valence-corrected chi connectivity index (χ4v) is 2.95. The van der Waals surface area contributed by atoms with Gasteiger partial charge in [-0.3, -0.25) is 9.89 Å². The number of hydrogen-bond donors (Lipinski definition) is 2. The Bertz CT molecular complexity index is 445. The quantitative estimate of drug-likeness (QED) is 0.485. The molecule has 0 radical (unpaired) electrons. The summed E-state index contributed by atoms with van der Waals surface area (Å²) in [7, 11) is -1.27. The van der Waals surface area contributed by atoms with Crippen molar-refractivity contribution in [1.82, 2.24) is 15.5 Å². The molecule has 1 heterocycles. The number of ether oxygens (including phenoxy) is 1. The standard InChI is InChI=1S/C14H30N4O3S/c1-12(2)13(18-6-8-21-9-7-18)11-17-14(15-3)16-5-10-22(4,19)20/h12-13H,5-11H2,1-4H3,(H2,15,16,17). The van der Waals surface area contributed by atoms with Crippen molar-refractivity contribution in [3.63, 3.8) is 0 Å². The van der Waals surface area contributed by atoms with Crippen molar-refractivity contribution < 1.29 is 13.2 Å². The Hall–Kier alpha value is -0.860. The van der Waals surface area contributed by atoms with Gasteiger partial charge in [0.2, 0.25) is 0 Å². The van der Waals surface area contributed by atoms with E-state index in [-0.39, 0.29) is 5.75 Å². The van der Waals surface area contributed by atoms with Crippen LogP contribution < -0.4 is 10.6 Å². The molecular formula is C14H30N4O3S. The molecule has 1 atom stereocenters. The molecule has 8 heteroatoms. The van der Waals surface area contributed by atoms with E-state index >= 15 is 0 Å². The van der Waals surface area contributed by atoms with Gasteiger partial charge in [-0.15, -0.1) is 0 Å². The summed E-state index contributed by atoms with van der Waals surface area (Å²) in [4.78, 5) is 6.58. The maximum Gasteiger partial charge on any atom is 0.191 e. The van der Waals surface area contributed by atoms with E-state index < -0.39 is 9.84 Å². The van der Waals surface area contributed by atoms with E-state index in [1.807, 2.05) is 0 Å². The Labute approximate surface area is 134 Å². The molecule has 130 valence electrons. The second-order valence-corrected chi connectivity index (χ2v) is 8.23. The van der Waals surface area contributed by atoms with Crippen molar-refractivity contribution in [2.45, 2.75) is 19.9 Å². The molecule has 0 bridgehead atoms. The number of rotatable bonds is 7. The smallest absolute Gasteiger partial charge is 0.191 e. The lowest BCUT2D eigenvalue weighted by atomic mass is 10.0. The number of nitrogens with one attached hydrogen (secondary N) is 2. The number of guanidine groups is 1. The van der Waals surface area contributed by atoms with Gasteiger partial charge in [-0.1, -0.05) is 13.8 Å². The minimum atomic E-state index is -2.96. The summed E-state index contributed by atoms with van der Waals surface area (Å²) in [5.74, 6) is 1.26. The van der Waals surface area contributed by atoms with Crippen LogP contribution in [0.25, 0.3) is 0 Å². The molecule has 0 amide bonds. The van der Waals surface area contributed by atoms with Gasteiger partial charge in [0.25, 0.3) is 0 Å². The second-order valence-electron chi connectivity index (χ2n) is 5.97. The van der Waals surface area contributed by atoms with E-state index in [1.54, 1.807) is 7.05 Å². The van der Waals surface area contributed by atoms with Gasteiger partial charge in [0, 0.05) is 45.5 Å². The third kappa shape index (κ3) is 7.42. The van der Waals surface area contributed by atoms with Crippen LogP contribution in [0.1, 0.15) is 13.8 Å². The summed E-state index contributed by atoms with van der Waals surface area (Å²) >= 11 is 0. The Morgan fingerprint density at radius 2 is 1.91 bits per heavy atom. The van der Waals surface area contributed by atoms with E-state index in [4.69, 9.17) is 4.74 Å². The molecule has 0 aliphatic carbocycles. The summed E-state index contributed by atoms with van der Waals surface area (Å²) in [5, 5.41) is 6.34. The van der Waals surface area contributed by atoms with Gasteiger partial charge in [-0.25, -0.2) is 8.42 Å². The summed E-state index contributed by atoms with van der Waals surface area (Å²) in [5.41, 5.74) is 0. The number of sulfone groups is 1. The zero-order chi connectivity index (χ0) is 16.6. The Morgan fingerprint density at radius 3 is 2.41 bits per heavy atom. The van der Waals surface area contributed by atoms with Crippen LogP contribution in [0.4, 0.5) is 0 Å². The van der Waals surface area contributed by atoms with Gasteiger partial charge in [0.05, 0.1) is 19.0 Å². The first-order valence-corrected chi connectivity index (χ1v) is 9.83. The van der Waals surface area contributed by atoms with Crippen LogP contribution in [-0.2, 0) is 14.6 Å². The van der Waals surface area contributed by atoms with Crippen molar-refractivity contribution >= 4 is 15.8 Å². The molecule has 0 aromatic rings. The average molecular weight is 334 g/mol. The molecule has 1 saturated heterocycles. The monoisotopic (exact) mass is 334 g/mol. The van der Waals surface area contributed by atoms with Crippen LogP contribution in [0, 0.1) is 5.92 Å². The topological polar surface area (TPSA) is 83.0 Å². The normalized spacial score (nSPS) is 19.2. The van der Waals surface area contributed by atoms with E-state index in [1.165, 1.54) is 6.26 Å².